The van der Waals surface area contributed by atoms with Crippen LogP contribution in [0.15, 0.2) is 36.9 Å². The van der Waals surface area contributed by atoms with Gasteiger partial charge in [0.2, 0.25) is 0 Å². The number of amides is 1. The minimum atomic E-state index is -0.0839. The summed E-state index contributed by atoms with van der Waals surface area (Å²) in [6.45, 7) is 6.80. The number of allylic oxidation sites excluding steroid dienone is 1. The zero-order valence-corrected chi connectivity index (χ0v) is 12.7. The second-order valence-electron chi connectivity index (χ2n) is 4.72. The van der Waals surface area contributed by atoms with Gasteiger partial charge in [-0.2, -0.15) is 5.10 Å². The molecule has 0 radical (unpaired) electrons. The van der Waals surface area contributed by atoms with Crippen molar-refractivity contribution < 1.29 is 4.79 Å². The van der Waals surface area contributed by atoms with Gasteiger partial charge in [-0.3, -0.25) is 9.89 Å². The number of aromatic nitrogens is 3. The predicted octanol–water partition coefficient (Wildman–Crippen LogP) is 2.41. The summed E-state index contributed by atoms with van der Waals surface area (Å²) in [6.07, 6.45) is 2.37. The summed E-state index contributed by atoms with van der Waals surface area (Å²) in [7, 11) is 0. The molecule has 2 aromatic rings. The second-order valence-corrected chi connectivity index (χ2v) is 5.10. The van der Waals surface area contributed by atoms with Crippen molar-refractivity contribution in [2.24, 2.45) is 0 Å². The molecule has 1 amide bonds. The zero-order chi connectivity index (χ0) is 15.2. The van der Waals surface area contributed by atoms with Crippen LogP contribution in [-0.4, -0.2) is 27.2 Å². The molecule has 0 unspecified atom stereocenters. The molecule has 0 fully saturated rings. The number of carbonyl (C=O) groups excluding carboxylic acids is 1. The van der Waals surface area contributed by atoms with E-state index >= 15 is 0 Å². The van der Waals surface area contributed by atoms with Gasteiger partial charge in [0, 0.05) is 25.1 Å². The lowest BCUT2D eigenvalue weighted by Crippen LogP contribution is -2.26. The maximum Gasteiger partial charge on any atom is 0.251 e. The van der Waals surface area contributed by atoms with Gasteiger partial charge < -0.3 is 9.88 Å². The molecule has 2 N–H and O–H groups in total. The van der Waals surface area contributed by atoms with Gasteiger partial charge in [-0.05, 0) is 31.3 Å². The molecule has 1 heterocycles. The van der Waals surface area contributed by atoms with Gasteiger partial charge in [-0.25, -0.2) is 0 Å². The number of aryl methyl sites for hydroxylation is 1. The largest absolute Gasteiger partial charge is 0.352 e. The molecule has 0 bridgehead atoms. The van der Waals surface area contributed by atoms with Gasteiger partial charge in [-0.1, -0.05) is 23.8 Å². The van der Waals surface area contributed by atoms with E-state index in [1.807, 2.05) is 35.8 Å². The highest BCUT2D eigenvalue weighted by atomic mass is 32.1. The third-order valence-corrected chi connectivity index (χ3v) is 3.41. The molecule has 0 atom stereocenters. The Morgan fingerprint density at radius 3 is 2.86 bits per heavy atom. The quantitative estimate of drug-likeness (QED) is 0.636. The molecule has 0 aliphatic rings. The van der Waals surface area contributed by atoms with E-state index in [1.165, 1.54) is 0 Å². The fourth-order valence-corrected chi connectivity index (χ4v) is 2.18. The van der Waals surface area contributed by atoms with Gasteiger partial charge in [0.1, 0.15) is 5.82 Å². The van der Waals surface area contributed by atoms with Crippen molar-refractivity contribution in [3.8, 4) is 0 Å². The minimum absolute atomic E-state index is 0.0839. The van der Waals surface area contributed by atoms with E-state index in [2.05, 4.69) is 22.1 Å². The van der Waals surface area contributed by atoms with Gasteiger partial charge in [-0.15, -0.1) is 6.58 Å². The third kappa shape index (κ3) is 3.88. The lowest BCUT2D eigenvalue weighted by molar-refractivity contribution is 0.0954. The summed E-state index contributed by atoms with van der Waals surface area (Å²) in [6, 6.07) is 7.48. The monoisotopic (exact) mass is 302 g/mol. The van der Waals surface area contributed by atoms with Crippen molar-refractivity contribution >= 4 is 18.1 Å². The third-order valence-electron chi connectivity index (χ3n) is 3.10. The van der Waals surface area contributed by atoms with Gasteiger partial charge in [0.25, 0.3) is 5.91 Å². The van der Waals surface area contributed by atoms with Crippen LogP contribution in [0, 0.1) is 11.7 Å². The van der Waals surface area contributed by atoms with Crippen LogP contribution in [-0.2, 0) is 13.0 Å². The Hall–Kier alpha value is -2.21. The molecular formula is C15H18N4OS. The van der Waals surface area contributed by atoms with Crippen molar-refractivity contribution in [3.05, 3.63) is 58.6 Å². The van der Waals surface area contributed by atoms with E-state index in [9.17, 15) is 4.79 Å². The van der Waals surface area contributed by atoms with Crippen LogP contribution < -0.4 is 5.32 Å². The van der Waals surface area contributed by atoms with Crippen LogP contribution in [0.1, 0.15) is 21.7 Å². The summed E-state index contributed by atoms with van der Waals surface area (Å²) in [5, 5.41) is 9.80. The summed E-state index contributed by atoms with van der Waals surface area (Å²) >= 11 is 5.14. The highest BCUT2D eigenvalue weighted by molar-refractivity contribution is 7.71. The normalized spacial score (nSPS) is 10.3. The first-order valence-corrected chi connectivity index (χ1v) is 7.12. The summed E-state index contributed by atoms with van der Waals surface area (Å²) in [5.41, 5.74) is 1.79. The Labute approximate surface area is 128 Å². The standard InChI is InChI=1S/C15H18N4OS/c1-3-10-19-13(17-18-15(19)21)8-9-16-14(20)12-6-4-11(2)5-7-12/h3-7H,1,8-10H2,2H3,(H,16,20)(H,18,21). The number of carbonyl (C=O) groups is 1. The molecule has 5 nitrogen and oxygen atoms in total. The van der Waals surface area contributed by atoms with Gasteiger partial charge >= 0.3 is 0 Å². The number of hydrogen-bond donors (Lipinski definition) is 2. The Morgan fingerprint density at radius 2 is 2.19 bits per heavy atom. The second kappa shape index (κ2) is 6.99. The number of nitrogens with zero attached hydrogens (tertiary/aromatic N) is 2. The Bertz CT molecular complexity index is 684. The van der Waals surface area contributed by atoms with Gasteiger partial charge in [0.15, 0.2) is 4.77 Å². The smallest absolute Gasteiger partial charge is 0.251 e. The maximum atomic E-state index is 12.0. The number of aromatic amines is 1. The first kappa shape index (κ1) is 15.2. The van der Waals surface area contributed by atoms with Crippen molar-refractivity contribution in [1.82, 2.24) is 20.1 Å². The molecule has 6 heteroatoms. The topological polar surface area (TPSA) is 62.7 Å². The zero-order valence-electron chi connectivity index (χ0n) is 11.9. The Balaban J connectivity index is 1.92. The highest BCUT2D eigenvalue weighted by Crippen LogP contribution is 2.03. The fraction of sp³-hybridized carbons (Fsp3) is 0.267. The molecule has 2 rings (SSSR count). The molecular weight excluding hydrogens is 284 g/mol. The van der Waals surface area contributed by atoms with Crippen LogP contribution in [0.25, 0.3) is 0 Å². The van der Waals surface area contributed by atoms with E-state index in [-0.39, 0.29) is 5.91 Å². The van der Waals surface area contributed by atoms with Crippen molar-refractivity contribution in [1.29, 1.82) is 0 Å². The SMILES string of the molecule is C=CCn1c(CCNC(=O)c2ccc(C)cc2)n[nH]c1=S. The average Bonchev–Trinajstić information content (AvgIpc) is 2.81. The highest BCUT2D eigenvalue weighted by Gasteiger charge is 2.07. The van der Waals surface area contributed by atoms with E-state index in [0.29, 0.717) is 29.8 Å². The first-order valence-electron chi connectivity index (χ1n) is 6.71. The maximum absolute atomic E-state index is 12.0. The molecule has 0 saturated carbocycles. The molecule has 1 aromatic heterocycles. The predicted molar refractivity (Wildman–Crippen MR) is 84.8 cm³/mol. The van der Waals surface area contributed by atoms with Crippen LogP contribution >= 0.6 is 12.2 Å². The number of H-pyrrole nitrogens is 1. The van der Waals surface area contributed by atoms with Crippen molar-refractivity contribution in [2.45, 2.75) is 19.9 Å². The Kier molecular flexibility index (Phi) is 5.05. The molecule has 1 aromatic carbocycles. The van der Waals surface area contributed by atoms with Gasteiger partial charge in [0.05, 0.1) is 0 Å². The van der Waals surface area contributed by atoms with Crippen LogP contribution in [0.5, 0.6) is 0 Å². The number of benzene rings is 1. The van der Waals surface area contributed by atoms with E-state index in [0.717, 1.165) is 11.4 Å². The summed E-state index contributed by atoms with van der Waals surface area (Å²) in [5.74, 6) is 0.725. The van der Waals surface area contributed by atoms with Crippen LogP contribution in [0.3, 0.4) is 0 Å². The van der Waals surface area contributed by atoms with Crippen LogP contribution in [0.4, 0.5) is 0 Å². The summed E-state index contributed by atoms with van der Waals surface area (Å²) < 4.78 is 2.43. The first-order chi connectivity index (χ1) is 10.1. The summed E-state index contributed by atoms with van der Waals surface area (Å²) in [4.78, 5) is 12.0. The van der Waals surface area contributed by atoms with E-state index in [1.54, 1.807) is 6.08 Å². The molecule has 0 aliphatic heterocycles. The molecule has 0 spiro atoms. The molecule has 0 saturated heterocycles. The fourth-order valence-electron chi connectivity index (χ4n) is 1.95. The van der Waals surface area contributed by atoms with Crippen molar-refractivity contribution in [2.75, 3.05) is 6.54 Å². The minimum Gasteiger partial charge on any atom is -0.352 e. The number of hydrogen-bond acceptors (Lipinski definition) is 3. The number of nitrogens with one attached hydrogen (secondary N) is 2. The number of rotatable bonds is 6. The lowest BCUT2D eigenvalue weighted by atomic mass is 10.1. The lowest BCUT2D eigenvalue weighted by Gasteiger charge is -2.06. The van der Waals surface area contributed by atoms with E-state index < -0.39 is 0 Å². The molecule has 110 valence electrons. The Morgan fingerprint density at radius 1 is 1.48 bits per heavy atom. The van der Waals surface area contributed by atoms with Crippen molar-refractivity contribution in [3.63, 3.8) is 0 Å². The molecule has 0 aliphatic carbocycles. The molecule has 21 heavy (non-hydrogen) atoms. The van der Waals surface area contributed by atoms with E-state index in [4.69, 9.17) is 12.2 Å². The average molecular weight is 302 g/mol. The van der Waals surface area contributed by atoms with Crippen LogP contribution in [0.2, 0.25) is 0 Å².